The molecule has 0 fully saturated rings. The lowest BCUT2D eigenvalue weighted by Crippen LogP contribution is -2.22. The van der Waals surface area contributed by atoms with E-state index in [9.17, 15) is 27.2 Å². The van der Waals surface area contributed by atoms with Crippen LogP contribution in [0.3, 0.4) is 0 Å². The second-order valence-electron chi connectivity index (χ2n) is 6.57. The summed E-state index contributed by atoms with van der Waals surface area (Å²) in [6.07, 6.45) is -6.86. The number of alkyl halides is 4. The first-order valence-electron chi connectivity index (χ1n) is 8.21. The maximum Gasteiger partial charge on any atom is 0.409 e. The second kappa shape index (κ2) is 9.85. The monoisotopic (exact) mass is 416 g/mol. The number of anilines is 1. The highest BCUT2D eigenvalue weighted by molar-refractivity contribution is 5.93. The summed E-state index contributed by atoms with van der Waals surface area (Å²) >= 11 is 0. The topological polar surface area (TPSA) is 88.5 Å². The second-order valence-corrected chi connectivity index (χ2v) is 6.57. The minimum atomic E-state index is -3.18. The molecule has 0 aliphatic rings. The summed E-state index contributed by atoms with van der Waals surface area (Å²) in [5.41, 5.74) is -3.12. The number of carboxylic acid groups (broad SMARTS) is 1. The Kier molecular flexibility index (Phi) is 8.11. The van der Waals surface area contributed by atoms with E-state index in [1.807, 2.05) is 20.8 Å². The summed E-state index contributed by atoms with van der Waals surface area (Å²) in [4.78, 5) is 24.7. The Bertz CT molecular complexity index is 896. The Morgan fingerprint density at radius 2 is 1.76 bits per heavy atom. The zero-order chi connectivity index (χ0) is 22.4. The molecule has 1 aromatic carbocycles. The normalized spacial score (nSPS) is 11.1. The average Bonchev–Trinajstić information content (AvgIpc) is 2.59. The molecule has 0 bridgehead atoms. The third kappa shape index (κ3) is 7.05. The number of rotatable bonds is 4. The van der Waals surface area contributed by atoms with Gasteiger partial charge in [-0.15, -0.1) is 0 Å². The molecule has 0 spiro atoms. The number of nitrogens with zero attached hydrogens (tertiary/aromatic N) is 1. The molecule has 10 heteroatoms. The molecular weight excluding hydrogens is 396 g/mol. The van der Waals surface area contributed by atoms with Crippen LogP contribution >= 0.6 is 0 Å². The first-order valence-corrected chi connectivity index (χ1v) is 8.21. The van der Waals surface area contributed by atoms with Crippen molar-refractivity contribution in [3.05, 3.63) is 48.2 Å². The summed E-state index contributed by atoms with van der Waals surface area (Å²) in [5, 5.41) is 10.1. The number of hydrogen-bond donors (Lipinski definition) is 2. The van der Waals surface area contributed by atoms with Crippen LogP contribution in [0.2, 0.25) is 0 Å². The lowest BCUT2D eigenvalue weighted by atomic mass is 10.1. The van der Waals surface area contributed by atoms with Crippen LogP contribution in [0, 0.1) is 0 Å². The molecule has 0 radical (unpaired) electrons. The molecule has 0 aliphatic heterocycles. The third-order valence-corrected chi connectivity index (χ3v) is 3.19. The number of carbonyl (C=O) groups excluding carboxylic acids is 1. The number of ether oxygens (including phenoxy) is 1. The van der Waals surface area contributed by atoms with Crippen LogP contribution in [-0.2, 0) is 9.53 Å². The molecule has 0 saturated carbocycles. The maximum absolute atomic E-state index is 13.1. The maximum atomic E-state index is 13.1. The van der Waals surface area contributed by atoms with E-state index in [-0.39, 0.29) is 16.9 Å². The van der Waals surface area contributed by atoms with E-state index in [0.717, 1.165) is 6.08 Å². The summed E-state index contributed by atoms with van der Waals surface area (Å²) in [7, 11) is 0. The number of pyridine rings is 1. The predicted molar refractivity (Wildman–Crippen MR) is 99.3 cm³/mol. The number of nitrogens with one attached hydrogen (secondary N) is 1. The molecule has 2 aromatic rings. The van der Waals surface area contributed by atoms with Crippen molar-refractivity contribution in [2.24, 2.45) is 0 Å². The quantitative estimate of drug-likeness (QED) is 0.378. The lowest BCUT2D eigenvalue weighted by Gasteiger charge is -2.17. The minimum Gasteiger partial charge on any atom is -0.465 e. The molecule has 0 aliphatic carbocycles. The van der Waals surface area contributed by atoms with Gasteiger partial charge in [-0.05, 0) is 26.8 Å². The predicted octanol–water partition coefficient (Wildman–Crippen LogP) is 5.71. The average molecular weight is 416 g/mol. The number of para-hydroxylation sites is 1. The summed E-state index contributed by atoms with van der Waals surface area (Å²) < 4.78 is 56.9. The lowest BCUT2D eigenvalue weighted by molar-refractivity contribution is -0.148. The van der Waals surface area contributed by atoms with Crippen molar-refractivity contribution in [3.8, 4) is 0 Å². The van der Waals surface area contributed by atoms with Crippen LogP contribution in [0.1, 0.15) is 44.9 Å². The van der Waals surface area contributed by atoms with Crippen molar-refractivity contribution in [1.29, 1.82) is 0 Å². The smallest absolute Gasteiger partial charge is 0.409 e. The zero-order valence-corrected chi connectivity index (χ0v) is 15.9. The highest BCUT2D eigenvalue weighted by atomic mass is 19.3. The molecule has 2 N–H and O–H groups in total. The van der Waals surface area contributed by atoms with Crippen molar-refractivity contribution in [2.75, 3.05) is 5.32 Å². The number of hydrogen-bond acceptors (Lipinski definition) is 4. The van der Waals surface area contributed by atoms with Crippen molar-refractivity contribution in [1.82, 2.24) is 4.98 Å². The van der Waals surface area contributed by atoms with E-state index in [0.29, 0.717) is 0 Å². The highest BCUT2D eigenvalue weighted by Gasteiger charge is 2.27. The van der Waals surface area contributed by atoms with Gasteiger partial charge < -0.3 is 9.84 Å². The fourth-order valence-corrected chi connectivity index (χ4v) is 2.22. The molecule has 1 aromatic heterocycles. The molecule has 29 heavy (non-hydrogen) atoms. The van der Waals surface area contributed by atoms with Crippen LogP contribution in [0.5, 0.6) is 0 Å². The number of carbonyl (C=O) groups is 2. The molecule has 2 rings (SSSR count). The van der Waals surface area contributed by atoms with Crippen molar-refractivity contribution < 1.29 is 37.0 Å². The van der Waals surface area contributed by atoms with Gasteiger partial charge in [-0.2, -0.15) is 0 Å². The third-order valence-electron chi connectivity index (χ3n) is 3.19. The van der Waals surface area contributed by atoms with Crippen molar-refractivity contribution in [3.63, 3.8) is 0 Å². The molecule has 0 unspecified atom stereocenters. The zero-order valence-electron chi connectivity index (χ0n) is 15.9. The summed E-state index contributed by atoms with van der Waals surface area (Å²) in [6.45, 7) is 8.71. The number of fused-ring (bicyclic) bond motifs is 1. The Balaban J connectivity index is 0.000000396. The van der Waals surface area contributed by atoms with Gasteiger partial charge in [0.05, 0.1) is 16.8 Å². The largest absolute Gasteiger partial charge is 0.465 e. The fraction of sp³-hybridized carbons (Fsp3) is 0.316. The molecule has 0 atom stereocenters. The first-order chi connectivity index (χ1) is 13.4. The number of amides is 1. The SMILES string of the molecule is C=CC(=O)OC(C)(C)C.O=C(O)Nc1c(C(F)F)nc2ccccc2c1C(F)F. The van der Waals surface area contributed by atoms with Gasteiger partial charge in [0.15, 0.2) is 0 Å². The first kappa shape index (κ1) is 23.9. The number of esters is 1. The van der Waals surface area contributed by atoms with E-state index >= 15 is 0 Å². The number of benzene rings is 1. The van der Waals surface area contributed by atoms with E-state index in [1.165, 1.54) is 24.3 Å². The Hall–Kier alpha value is -3.17. The van der Waals surface area contributed by atoms with Crippen LogP contribution in [0.4, 0.5) is 28.0 Å². The number of halogens is 4. The molecule has 6 nitrogen and oxygen atoms in total. The van der Waals surface area contributed by atoms with Gasteiger partial charge in [0.25, 0.3) is 12.9 Å². The van der Waals surface area contributed by atoms with Gasteiger partial charge in [-0.3, -0.25) is 5.32 Å². The van der Waals surface area contributed by atoms with E-state index < -0.39 is 41.5 Å². The van der Waals surface area contributed by atoms with Gasteiger partial charge in [-0.25, -0.2) is 32.1 Å². The Morgan fingerprint density at radius 3 is 2.17 bits per heavy atom. The molecule has 1 amide bonds. The van der Waals surface area contributed by atoms with Crippen LogP contribution in [0.15, 0.2) is 36.9 Å². The summed E-state index contributed by atoms with van der Waals surface area (Å²) in [6, 6.07) is 5.47. The molecule has 158 valence electrons. The van der Waals surface area contributed by atoms with Crippen LogP contribution in [0.25, 0.3) is 10.9 Å². The molecule has 0 saturated heterocycles. The van der Waals surface area contributed by atoms with Gasteiger partial charge in [0, 0.05) is 11.5 Å². The van der Waals surface area contributed by atoms with Crippen LogP contribution < -0.4 is 5.32 Å². The summed E-state index contributed by atoms with van der Waals surface area (Å²) in [5.74, 6) is -0.373. The van der Waals surface area contributed by atoms with Crippen molar-refractivity contribution in [2.45, 2.75) is 39.2 Å². The van der Waals surface area contributed by atoms with Crippen LogP contribution in [-0.4, -0.2) is 27.8 Å². The van der Waals surface area contributed by atoms with Gasteiger partial charge >= 0.3 is 12.1 Å². The van der Waals surface area contributed by atoms with Gasteiger partial charge in [0.2, 0.25) is 0 Å². The highest BCUT2D eigenvalue weighted by Crippen LogP contribution is 2.38. The van der Waals surface area contributed by atoms with Gasteiger partial charge in [-0.1, -0.05) is 24.8 Å². The molecular formula is C19H20F4N2O4. The van der Waals surface area contributed by atoms with E-state index in [4.69, 9.17) is 9.84 Å². The van der Waals surface area contributed by atoms with Gasteiger partial charge in [0.1, 0.15) is 11.3 Å². The molecule has 1 heterocycles. The minimum absolute atomic E-state index is 0.0472. The standard InChI is InChI=1S/C12H8F4N2O2.C7H12O2/c13-10(14)7-5-3-1-2-4-6(5)17-9(11(15)16)8(7)18-12(19)20;1-5-6(8)9-7(2,3)4/h1-4,10-11,18H,(H,19,20);5H,1H2,2-4H3. The Labute approximate surface area is 164 Å². The Morgan fingerprint density at radius 1 is 1.17 bits per heavy atom. The van der Waals surface area contributed by atoms with E-state index in [1.54, 1.807) is 5.32 Å². The van der Waals surface area contributed by atoms with E-state index in [2.05, 4.69) is 11.6 Å². The number of aromatic nitrogens is 1. The van der Waals surface area contributed by atoms with Crippen molar-refractivity contribution >= 4 is 28.7 Å². The fourth-order valence-electron chi connectivity index (χ4n) is 2.22.